The van der Waals surface area contributed by atoms with Crippen LogP contribution in [0.3, 0.4) is 0 Å². The zero-order chi connectivity index (χ0) is 17.4. The monoisotopic (exact) mass is 360 g/mol. The summed E-state index contributed by atoms with van der Waals surface area (Å²) < 4.78 is 30.0. The fourth-order valence-corrected chi connectivity index (χ4v) is 4.61. The highest BCUT2D eigenvalue weighted by Gasteiger charge is 2.24. The highest BCUT2D eigenvalue weighted by Crippen LogP contribution is 2.21. The molecule has 2 aromatic rings. The van der Waals surface area contributed by atoms with E-state index >= 15 is 0 Å². The quantitative estimate of drug-likeness (QED) is 0.840. The van der Waals surface area contributed by atoms with E-state index in [1.807, 2.05) is 6.20 Å². The number of carbonyl (C=O) groups excluding carboxylic acids is 1. The number of sulfonamides is 1. The van der Waals surface area contributed by atoms with Crippen LogP contribution in [0.1, 0.15) is 28.2 Å². The van der Waals surface area contributed by atoms with Gasteiger partial charge in [-0.15, -0.1) is 0 Å². The molecule has 0 saturated carbocycles. The van der Waals surface area contributed by atoms with Gasteiger partial charge in [-0.3, -0.25) is 4.79 Å². The van der Waals surface area contributed by atoms with E-state index in [9.17, 15) is 13.2 Å². The van der Waals surface area contributed by atoms with Crippen molar-refractivity contribution in [2.75, 3.05) is 13.1 Å². The Labute approximate surface area is 146 Å². The molecule has 1 aromatic heterocycles. The van der Waals surface area contributed by atoms with Crippen molar-refractivity contribution >= 4 is 15.9 Å². The average molecular weight is 360 g/mol. The van der Waals surface area contributed by atoms with Gasteiger partial charge in [0.15, 0.2) is 0 Å². The summed E-state index contributed by atoms with van der Waals surface area (Å²) in [5.74, 6) is 1.08. The third-order valence-corrected chi connectivity index (χ3v) is 6.33. The Kier molecular flexibility index (Phi) is 4.09. The van der Waals surface area contributed by atoms with Gasteiger partial charge in [0.1, 0.15) is 5.82 Å². The molecule has 2 N–H and O–H groups in total. The van der Waals surface area contributed by atoms with Crippen molar-refractivity contribution in [2.24, 2.45) is 5.92 Å². The summed E-state index contributed by atoms with van der Waals surface area (Å²) in [6, 6.07) is 4.79. The maximum atomic E-state index is 12.6. The van der Waals surface area contributed by atoms with Gasteiger partial charge in [0, 0.05) is 44.0 Å². The molecule has 3 heterocycles. The number of hydrogen-bond acceptors (Lipinski definition) is 4. The molecule has 0 fully saturated rings. The second-order valence-corrected chi connectivity index (χ2v) is 8.34. The molecular weight excluding hydrogens is 340 g/mol. The summed E-state index contributed by atoms with van der Waals surface area (Å²) in [5, 5.41) is 2.74. The van der Waals surface area contributed by atoms with Crippen molar-refractivity contribution in [1.29, 1.82) is 0 Å². The van der Waals surface area contributed by atoms with Crippen LogP contribution in [0.5, 0.6) is 0 Å². The maximum absolute atomic E-state index is 12.6. The third-order valence-electron chi connectivity index (χ3n) is 4.91. The molecule has 132 valence electrons. The number of benzene rings is 1. The first kappa shape index (κ1) is 16.3. The first-order valence-electron chi connectivity index (χ1n) is 8.44. The van der Waals surface area contributed by atoms with Crippen LogP contribution in [0.2, 0.25) is 0 Å². The predicted molar refractivity (Wildman–Crippen MR) is 91.7 cm³/mol. The summed E-state index contributed by atoms with van der Waals surface area (Å²) in [6.45, 7) is 1.74. The van der Waals surface area contributed by atoms with Crippen molar-refractivity contribution < 1.29 is 13.2 Å². The minimum atomic E-state index is -3.64. The van der Waals surface area contributed by atoms with E-state index in [4.69, 9.17) is 0 Å². The molecule has 0 bridgehead atoms. The van der Waals surface area contributed by atoms with E-state index in [0.29, 0.717) is 18.7 Å². The van der Waals surface area contributed by atoms with Gasteiger partial charge in [-0.2, -0.15) is 0 Å². The number of nitrogens with one attached hydrogen (secondary N) is 2. The number of aromatic nitrogens is 2. The zero-order valence-electron chi connectivity index (χ0n) is 13.7. The van der Waals surface area contributed by atoms with Gasteiger partial charge in [0.2, 0.25) is 10.0 Å². The Morgan fingerprint density at radius 1 is 1.32 bits per heavy atom. The van der Waals surface area contributed by atoms with E-state index in [-0.39, 0.29) is 16.7 Å². The molecule has 2 aliphatic rings. The first-order valence-corrected chi connectivity index (χ1v) is 9.92. The van der Waals surface area contributed by atoms with Crippen LogP contribution < -0.4 is 10.0 Å². The molecular formula is C17H20N4O3S. The smallest absolute Gasteiger partial charge is 0.251 e. The molecule has 8 heteroatoms. The van der Waals surface area contributed by atoms with E-state index < -0.39 is 10.0 Å². The molecule has 1 amide bonds. The number of imidazole rings is 1. The first-order chi connectivity index (χ1) is 12.0. The predicted octanol–water partition coefficient (Wildman–Crippen LogP) is 0.710. The number of hydrogen-bond donors (Lipinski definition) is 2. The highest BCUT2D eigenvalue weighted by atomic mass is 32.2. The van der Waals surface area contributed by atoms with Gasteiger partial charge < -0.3 is 9.88 Å². The molecule has 0 spiro atoms. The van der Waals surface area contributed by atoms with Gasteiger partial charge in [0.25, 0.3) is 5.91 Å². The minimum Gasteiger partial charge on any atom is -0.352 e. The lowest BCUT2D eigenvalue weighted by atomic mass is 10.00. The van der Waals surface area contributed by atoms with Crippen molar-refractivity contribution in [3.63, 3.8) is 0 Å². The molecule has 1 atom stereocenters. The topological polar surface area (TPSA) is 93.1 Å². The number of fused-ring (bicyclic) bond motifs is 2. The second-order valence-electron chi connectivity index (χ2n) is 6.58. The Morgan fingerprint density at radius 2 is 2.20 bits per heavy atom. The van der Waals surface area contributed by atoms with E-state index in [0.717, 1.165) is 37.2 Å². The standard InChI is InChI=1S/C17H20N4O3S/c22-17-15-9-14(3-2-13(15)5-6-19-17)25(23,24)20-10-12-1-4-16-18-7-8-21(16)11-12/h2-3,7-9,12,20H,1,4-6,10-11H2,(H,19,22)/t12-/m1/s1. The Hall–Kier alpha value is -2.19. The average Bonchev–Trinajstić information content (AvgIpc) is 3.08. The van der Waals surface area contributed by atoms with Gasteiger partial charge in [-0.25, -0.2) is 18.1 Å². The SMILES string of the molecule is O=C1NCCc2ccc(S(=O)(=O)NC[C@H]3CCc4nccn4C3)cc21. The summed E-state index contributed by atoms with van der Waals surface area (Å²) >= 11 is 0. The molecule has 0 unspecified atom stereocenters. The third kappa shape index (κ3) is 3.19. The number of aryl methyl sites for hydroxylation is 1. The fraction of sp³-hybridized carbons (Fsp3) is 0.412. The lowest BCUT2D eigenvalue weighted by Gasteiger charge is -2.24. The summed E-state index contributed by atoms with van der Waals surface area (Å²) in [5.41, 5.74) is 1.34. The Bertz CT molecular complexity index is 920. The lowest BCUT2D eigenvalue weighted by Crippen LogP contribution is -2.34. The molecule has 7 nitrogen and oxygen atoms in total. The van der Waals surface area contributed by atoms with Crippen LogP contribution in [0.15, 0.2) is 35.5 Å². The van der Waals surface area contributed by atoms with Crippen LogP contribution in [0.4, 0.5) is 0 Å². The molecule has 4 rings (SSSR count). The van der Waals surface area contributed by atoms with Gasteiger partial charge in [-0.05, 0) is 36.5 Å². The van der Waals surface area contributed by atoms with Gasteiger partial charge >= 0.3 is 0 Å². The molecule has 2 aliphatic heterocycles. The van der Waals surface area contributed by atoms with Crippen molar-refractivity contribution in [3.05, 3.63) is 47.5 Å². The Balaban J connectivity index is 1.47. The van der Waals surface area contributed by atoms with E-state index in [1.165, 1.54) is 6.07 Å². The number of carbonyl (C=O) groups is 1. The van der Waals surface area contributed by atoms with Gasteiger partial charge in [0.05, 0.1) is 4.90 Å². The van der Waals surface area contributed by atoms with Crippen LogP contribution in [-0.4, -0.2) is 37.0 Å². The lowest BCUT2D eigenvalue weighted by molar-refractivity contribution is 0.0945. The second kappa shape index (κ2) is 6.27. The van der Waals surface area contributed by atoms with Crippen molar-refractivity contribution in [3.8, 4) is 0 Å². The largest absolute Gasteiger partial charge is 0.352 e. The molecule has 1 aromatic carbocycles. The van der Waals surface area contributed by atoms with Crippen molar-refractivity contribution in [1.82, 2.24) is 19.6 Å². The highest BCUT2D eigenvalue weighted by molar-refractivity contribution is 7.89. The van der Waals surface area contributed by atoms with E-state index in [2.05, 4.69) is 19.6 Å². The molecule has 0 radical (unpaired) electrons. The number of nitrogens with zero attached hydrogens (tertiary/aromatic N) is 2. The van der Waals surface area contributed by atoms with Crippen LogP contribution in [0.25, 0.3) is 0 Å². The maximum Gasteiger partial charge on any atom is 0.251 e. The van der Waals surface area contributed by atoms with Crippen molar-refractivity contribution in [2.45, 2.75) is 30.7 Å². The molecule has 0 saturated heterocycles. The summed E-state index contributed by atoms with van der Waals surface area (Å²) in [4.78, 5) is 16.3. The molecule has 0 aliphatic carbocycles. The summed E-state index contributed by atoms with van der Waals surface area (Å²) in [6.07, 6.45) is 6.20. The van der Waals surface area contributed by atoms with Gasteiger partial charge in [-0.1, -0.05) is 6.07 Å². The van der Waals surface area contributed by atoms with Crippen LogP contribution >= 0.6 is 0 Å². The molecule has 25 heavy (non-hydrogen) atoms. The van der Waals surface area contributed by atoms with E-state index in [1.54, 1.807) is 18.3 Å². The normalized spacial score (nSPS) is 19.8. The van der Waals surface area contributed by atoms with Crippen LogP contribution in [0, 0.1) is 5.92 Å². The Morgan fingerprint density at radius 3 is 3.08 bits per heavy atom. The minimum absolute atomic E-state index is 0.141. The summed E-state index contributed by atoms with van der Waals surface area (Å²) in [7, 11) is -3.64. The number of amides is 1. The van der Waals surface area contributed by atoms with Crippen LogP contribution in [-0.2, 0) is 29.4 Å². The fourth-order valence-electron chi connectivity index (χ4n) is 3.47. The zero-order valence-corrected chi connectivity index (χ0v) is 14.6. The number of rotatable bonds is 4.